The molecule has 0 bridgehead atoms. The molecule has 6 atom stereocenters. The third kappa shape index (κ3) is 6.26. The van der Waals surface area contributed by atoms with Crippen LogP contribution in [0.1, 0.15) is 65.7 Å². The highest BCUT2D eigenvalue weighted by molar-refractivity contribution is 5.82. The van der Waals surface area contributed by atoms with Crippen LogP contribution in [0.15, 0.2) is 53.3 Å². The average molecular weight is 458 g/mol. The first kappa shape index (κ1) is 25.9. The van der Waals surface area contributed by atoms with Gasteiger partial charge in [-0.2, -0.15) is 0 Å². The second-order valence-electron chi connectivity index (χ2n) is 10.6. The number of ether oxygens (including phenoxy) is 1. The third-order valence-electron chi connectivity index (χ3n) is 8.09. The monoisotopic (exact) mass is 457 g/mol. The zero-order valence-corrected chi connectivity index (χ0v) is 20.8. The summed E-state index contributed by atoms with van der Waals surface area (Å²) in [4.78, 5) is 5.13. The van der Waals surface area contributed by atoms with Crippen molar-refractivity contribution in [2.45, 2.75) is 77.9 Å². The Labute approximate surface area is 199 Å². The van der Waals surface area contributed by atoms with Crippen LogP contribution in [0, 0.1) is 23.2 Å². The molecule has 0 radical (unpaired) electrons. The third-order valence-corrected chi connectivity index (χ3v) is 8.09. The molecule has 0 saturated heterocycles. The first-order chi connectivity index (χ1) is 15.8. The van der Waals surface area contributed by atoms with E-state index in [1.54, 1.807) is 6.08 Å². The van der Waals surface area contributed by atoms with Crippen LogP contribution in [0.3, 0.4) is 0 Å². The molecule has 0 spiro atoms. The van der Waals surface area contributed by atoms with Gasteiger partial charge in [-0.25, -0.2) is 0 Å². The molecule has 0 aromatic carbocycles. The van der Waals surface area contributed by atoms with E-state index in [9.17, 15) is 10.2 Å². The Kier molecular flexibility index (Phi) is 9.14. The number of rotatable bonds is 9. The molecule has 3 rings (SSSR count). The number of oxime groups is 1. The van der Waals surface area contributed by atoms with Gasteiger partial charge in [-0.15, -0.1) is 0 Å². The summed E-state index contributed by atoms with van der Waals surface area (Å²) in [5, 5.41) is 24.2. The maximum Gasteiger partial charge on any atom is 0.135 e. The molecule has 3 aliphatic carbocycles. The number of allylic oxidation sites excluding steroid dienone is 3. The Morgan fingerprint density at radius 2 is 2.09 bits per heavy atom. The first-order valence-electron chi connectivity index (χ1n) is 12.5. The minimum absolute atomic E-state index is 0.296. The van der Waals surface area contributed by atoms with E-state index in [-0.39, 0.29) is 0 Å². The molecule has 184 valence electrons. The molecular formula is C28H43NO4. The highest BCUT2D eigenvalue weighted by atomic mass is 16.6. The molecule has 3 fully saturated rings. The van der Waals surface area contributed by atoms with Gasteiger partial charge in [-0.3, -0.25) is 0 Å². The van der Waals surface area contributed by atoms with Crippen LogP contribution in [-0.2, 0) is 9.57 Å². The second kappa shape index (κ2) is 11.6. The van der Waals surface area contributed by atoms with E-state index in [1.807, 2.05) is 6.92 Å². The number of aliphatic hydroxyl groups excluding tert-OH is 2. The fourth-order valence-electron chi connectivity index (χ4n) is 6.41. The molecule has 0 amide bonds. The van der Waals surface area contributed by atoms with E-state index >= 15 is 0 Å². The summed E-state index contributed by atoms with van der Waals surface area (Å²) >= 11 is 0. The van der Waals surface area contributed by atoms with E-state index < -0.39 is 12.2 Å². The topological polar surface area (TPSA) is 71.3 Å². The van der Waals surface area contributed by atoms with Gasteiger partial charge >= 0.3 is 0 Å². The van der Waals surface area contributed by atoms with Gasteiger partial charge in [0.2, 0.25) is 0 Å². The summed E-state index contributed by atoms with van der Waals surface area (Å²) in [6.45, 7) is 16.1. The van der Waals surface area contributed by atoms with Crippen LogP contribution in [-0.4, -0.2) is 48.0 Å². The SMILES string of the molecule is C=CCON=C(C)COC[C@@H](C)[C@H]1CC[C@H]2/C(=C/C=C3/C[C@@H](O)C[C@H](O)C3=C)CCC[C@]12C. The fraction of sp³-hybridized carbons (Fsp3) is 0.679. The van der Waals surface area contributed by atoms with Crippen LogP contribution < -0.4 is 0 Å². The van der Waals surface area contributed by atoms with Gasteiger partial charge in [0.1, 0.15) is 6.61 Å². The summed E-state index contributed by atoms with van der Waals surface area (Å²) in [5.41, 5.74) is 4.42. The van der Waals surface area contributed by atoms with Crippen molar-refractivity contribution in [1.29, 1.82) is 0 Å². The van der Waals surface area contributed by atoms with Crippen LogP contribution in [0.2, 0.25) is 0 Å². The lowest BCUT2D eigenvalue weighted by atomic mass is 9.61. The Hall–Kier alpha value is -1.69. The van der Waals surface area contributed by atoms with Crippen molar-refractivity contribution in [3.05, 3.63) is 48.1 Å². The molecule has 0 aromatic heterocycles. The van der Waals surface area contributed by atoms with E-state index in [1.165, 1.54) is 31.3 Å². The van der Waals surface area contributed by atoms with Crippen LogP contribution >= 0.6 is 0 Å². The summed E-state index contributed by atoms with van der Waals surface area (Å²) in [6.07, 6.45) is 12.0. The molecule has 2 N–H and O–H groups in total. The van der Waals surface area contributed by atoms with Crippen molar-refractivity contribution in [3.63, 3.8) is 0 Å². The molecule has 3 aliphatic rings. The summed E-state index contributed by atoms with van der Waals surface area (Å²) in [6, 6.07) is 0. The van der Waals surface area contributed by atoms with Gasteiger partial charge in [0.05, 0.1) is 24.5 Å². The summed E-state index contributed by atoms with van der Waals surface area (Å²) in [5.74, 6) is 1.72. The standard InChI is InChI=1S/C28H43NO4/c1-6-14-33-29-20(3)18-32-17-19(2)25-11-12-26-22(8-7-13-28(25,26)5)9-10-23-15-24(30)16-27(31)21(23)4/h6,9-10,19,24-27,30-31H,1,4,7-8,11-18H2,2-3,5H3/b22-9+,23-10-,29-20?/t19-,24-,25-,26+,27+,28-/m1/s1. The van der Waals surface area contributed by atoms with Gasteiger partial charge in [0.25, 0.3) is 0 Å². The lowest BCUT2D eigenvalue weighted by molar-refractivity contribution is 0.0448. The Morgan fingerprint density at radius 3 is 2.85 bits per heavy atom. The maximum atomic E-state index is 10.2. The number of nitrogens with zero attached hydrogens (tertiary/aromatic N) is 1. The average Bonchev–Trinajstić information content (AvgIpc) is 3.13. The van der Waals surface area contributed by atoms with Crippen LogP contribution in [0.25, 0.3) is 0 Å². The Bertz CT molecular complexity index is 798. The molecule has 0 aromatic rings. The van der Waals surface area contributed by atoms with E-state index in [4.69, 9.17) is 9.57 Å². The lowest BCUT2D eigenvalue weighted by Crippen LogP contribution is -2.37. The summed E-state index contributed by atoms with van der Waals surface area (Å²) < 4.78 is 5.99. The van der Waals surface area contributed by atoms with Crippen molar-refractivity contribution in [3.8, 4) is 0 Å². The smallest absolute Gasteiger partial charge is 0.135 e. The Morgan fingerprint density at radius 1 is 1.30 bits per heavy atom. The largest absolute Gasteiger partial charge is 0.393 e. The zero-order valence-electron chi connectivity index (χ0n) is 20.8. The molecular weight excluding hydrogens is 414 g/mol. The van der Waals surface area contributed by atoms with Gasteiger partial charge in [-0.05, 0) is 79.8 Å². The van der Waals surface area contributed by atoms with Crippen molar-refractivity contribution in [1.82, 2.24) is 0 Å². The Balaban J connectivity index is 1.62. The first-order valence-corrected chi connectivity index (χ1v) is 12.5. The molecule has 0 unspecified atom stereocenters. The quantitative estimate of drug-likeness (QED) is 0.212. The molecule has 33 heavy (non-hydrogen) atoms. The highest BCUT2D eigenvalue weighted by Gasteiger charge is 2.50. The van der Waals surface area contributed by atoms with Crippen molar-refractivity contribution in [2.24, 2.45) is 28.3 Å². The molecule has 5 nitrogen and oxygen atoms in total. The minimum atomic E-state index is -0.631. The maximum absolute atomic E-state index is 10.2. The normalized spacial score (nSPS) is 36.2. The second-order valence-corrected chi connectivity index (χ2v) is 10.6. The van der Waals surface area contributed by atoms with Crippen LogP contribution in [0.5, 0.6) is 0 Å². The lowest BCUT2D eigenvalue weighted by Gasteiger charge is -2.44. The molecule has 0 heterocycles. The van der Waals surface area contributed by atoms with Gasteiger partial charge in [-0.1, -0.05) is 56.0 Å². The van der Waals surface area contributed by atoms with E-state index in [0.29, 0.717) is 49.2 Å². The molecule has 5 heteroatoms. The predicted molar refractivity (Wildman–Crippen MR) is 134 cm³/mol. The zero-order chi connectivity index (χ0) is 24.0. The number of hydrogen-bond acceptors (Lipinski definition) is 5. The van der Waals surface area contributed by atoms with Crippen molar-refractivity contribution in [2.75, 3.05) is 19.8 Å². The van der Waals surface area contributed by atoms with Gasteiger partial charge in [0, 0.05) is 13.0 Å². The number of hydrogen-bond donors (Lipinski definition) is 2. The minimum Gasteiger partial charge on any atom is -0.393 e. The number of aliphatic hydroxyl groups is 2. The van der Waals surface area contributed by atoms with E-state index in [2.05, 4.69) is 44.3 Å². The molecule has 3 saturated carbocycles. The predicted octanol–water partition coefficient (Wildman–Crippen LogP) is 5.36. The fourth-order valence-corrected chi connectivity index (χ4v) is 6.41. The highest BCUT2D eigenvalue weighted by Crippen LogP contribution is 2.59. The van der Waals surface area contributed by atoms with Crippen molar-refractivity contribution >= 4 is 5.71 Å². The summed E-state index contributed by atoms with van der Waals surface area (Å²) in [7, 11) is 0. The van der Waals surface area contributed by atoms with Gasteiger partial charge in [0.15, 0.2) is 0 Å². The molecule has 0 aliphatic heterocycles. The van der Waals surface area contributed by atoms with E-state index in [0.717, 1.165) is 29.9 Å². The van der Waals surface area contributed by atoms with Gasteiger partial charge < -0.3 is 19.8 Å². The number of fused-ring (bicyclic) bond motifs is 1. The van der Waals surface area contributed by atoms with Crippen LogP contribution in [0.4, 0.5) is 0 Å². The van der Waals surface area contributed by atoms with Crippen molar-refractivity contribution < 1.29 is 19.8 Å².